The van der Waals surface area contributed by atoms with E-state index in [-0.39, 0.29) is 11.6 Å². The Morgan fingerprint density at radius 3 is 2.50 bits per heavy atom. The van der Waals surface area contributed by atoms with Gasteiger partial charge in [-0.1, -0.05) is 35.9 Å². The molecular weight excluding hydrogens is 380 g/mol. The van der Waals surface area contributed by atoms with Crippen LogP contribution >= 0.6 is 11.6 Å². The summed E-state index contributed by atoms with van der Waals surface area (Å²) in [5.41, 5.74) is 2.13. The number of quaternary nitrogens is 2. The summed E-state index contributed by atoms with van der Waals surface area (Å²) in [4.78, 5) is 25.8. The van der Waals surface area contributed by atoms with Crippen molar-refractivity contribution in [1.29, 1.82) is 0 Å². The third kappa shape index (κ3) is 5.28. The van der Waals surface area contributed by atoms with Crippen LogP contribution < -0.4 is 15.1 Å². The first kappa shape index (κ1) is 20.3. The van der Waals surface area contributed by atoms with E-state index in [4.69, 9.17) is 11.6 Å². The highest BCUT2D eigenvalue weighted by atomic mass is 35.5. The number of carbonyl (C=O) groups excluding carboxylic acids is 1. The van der Waals surface area contributed by atoms with Crippen molar-refractivity contribution >= 4 is 28.9 Å². The van der Waals surface area contributed by atoms with Crippen molar-refractivity contribution in [2.24, 2.45) is 0 Å². The molecule has 1 heterocycles. The second-order valence-electron chi connectivity index (χ2n) is 7.26. The Morgan fingerprint density at radius 1 is 1.14 bits per heavy atom. The monoisotopic (exact) mass is 404 g/mol. The average Bonchev–Trinajstić information content (AvgIpc) is 2.65. The van der Waals surface area contributed by atoms with E-state index in [2.05, 4.69) is 11.4 Å². The molecule has 0 bridgehead atoms. The zero-order valence-electron chi connectivity index (χ0n) is 15.8. The molecule has 0 aliphatic carbocycles. The largest absolute Gasteiger partial charge is 0.322 e. The molecule has 1 aliphatic rings. The van der Waals surface area contributed by atoms with E-state index in [1.54, 1.807) is 19.1 Å². The van der Waals surface area contributed by atoms with Gasteiger partial charge in [0.15, 0.2) is 6.54 Å². The van der Waals surface area contributed by atoms with Gasteiger partial charge in [-0.3, -0.25) is 14.9 Å². The van der Waals surface area contributed by atoms with E-state index in [1.165, 1.54) is 21.4 Å². The molecule has 2 aromatic rings. The first-order valence-electron chi connectivity index (χ1n) is 9.38. The van der Waals surface area contributed by atoms with Gasteiger partial charge in [-0.25, -0.2) is 0 Å². The van der Waals surface area contributed by atoms with Crippen LogP contribution in [0.3, 0.4) is 0 Å². The van der Waals surface area contributed by atoms with Crippen LogP contribution in [0.5, 0.6) is 0 Å². The van der Waals surface area contributed by atoms with Crippen molar-refractivity contribution in [3.8, 4) is 0 Å². The predicted octanol–water partition coefficient (Wildman–Crippen LogP) is 0.479. The normalized spacial score (nSPS) is 19.2. The van der Waals surface area contributed by atoms with E-state index in [1.807, 2.05) is 18.2 Å². The zero-order chi connectivity index (χ0) is 20.1. The highest BCUT2D eigenvalue weighted by Gasteiger charge is 2.26. The van der Waals surface area contributed by atoms with Crippen LogP contribution in [0.4, 0.5) is 11.4 Å². The van der Waals surface area contributed by atoms with Crippen molar-refractivity contribution in [2.75, 3.05) is 38.0 Å². The maximum atomic E-state index is 12.4. The number of halogens is 1. The smallest absolute Gasteiger partial charge is 0.293 e. The lowest BCUT2D eigenvalue weighted by Crippen LogP contribution is -3.28. The summed E-state index contributed by atoms with van der Waals surface area (Å²) in [6.07, 6.45) is 0. The number of nitro benzene ring substituents is 1. The van der Waals surface area contributed by atoms with Gasteiger partial charge in [-0.2, -0.15) is 0 Å². The summed E-state index contributed by atoms with van der Waals surface area (Å²) < 4.78 is 0. The molecule has 1 saturated heterocycles. The topological polar surface area (TPSA) is 81.1 Å². The number of rotatable bonds is 6. The minimum atomic E-state index is -0.465. The fraction of sp³-hybridized carbons (Fsp3) is 0.350. The number of aryl methyl sites for hydroxylation is 1. The van der Waals surface area contributed by atoms with Crippen molar-refractivity contribution in [3.63, 3.8) is 0 Å². The van der Waals surface area contributed by atoms with Crippen molar-refractivity contribution in [1.82, 2.24) is 0 Å². The Kier molecular flexibility index (Phi) is 6.61. The first-order valence-corrected chi connectivity index (χ1v) is 9.75. The first-order chi connectivity index (χ1) is 13.4. The van der Waals surface area contributed by atoms with Crippen molar-refractivity contribution < 1.29 is 19.5 Å². The van der Waals surface area contributed by atoms with E-state index < -0.39 is 4.92 Å². The van der Waals surface area contributed by atoms with Gasteiger partial charge >= 0.3 is 0 Å². The second-order valence-corrected chi connectivity index (χ2v) is 7.69. The Bertz CT molecular complexity index is 866. The number of para-hydroxylation sites is 1. The van der Waals surface area contributed by atoms with Crippen LogP contribution in [0.2, 0.25) is 5.02 Å². The van der Waals surface area contributed by atoms with Gasteiger partial charge in [0.2, 0.25) is 0 Å². The van der Waals surface area contributed by atoms with Gasteiger partial charge in [-0.05, 0) is 24.6 Å². The summed E-state index contributed by atoms with van der Waals surface area (Å²) in [5.74, 6) is -0.189. The standard InChI is InChI=1S/C20H23ClN4O3/c1-15-4-2-7-18(25(27)28)20(15)22-19(26)14-24-10-8-23(9-11-24)13-16-5-3-6-17(21)12-16/h2-7,12H,8-11,13-14H2,1H3,(H,22,26)/p+2. The molecule has 3 N–H and O–H groups in total. The lowest BCUT2D eigenvalue weighted by Gasteiger charge is -2.29. The predicted molar refractivity (Wildman–Crippen MR) is 108 cm³/mol. The molecule has 2 aromatic carbocycles. The molecule has 7 nitrogen and oxygen atoms in total. The van der Waals surface area contributed by atoms with Gasteiger partial charge in [-0.15, -0.1) is 0 Å². The van der Waals surface area contributed by atoms with Gasteiger partial charge in [0.25, 0.3) is 11.6 Å². The Balaban J connectivity index is 1.51. The van der Waals surface area contributed by atoms with E-state index in [9.17, 15) is 14.9 Å². The number of piperazine rings is 1. The molecule has 1 amide bonds. The molecule has 1 fully saturated rings. The molecule has 0 saturated carbocycles. The average molecular weight is 405 g/mol. The Labute approximate surface area is 169 Å². The van der Waals surface area contributed by atoms with Crippen LogP contribution in [0.15, 0.2) is 42.5 Å². The molecule has 8 heteroatoms. The summed E-state index contributed by atoms with van der Waals surface area (Å²) in [7, 11) is 0. The summed E-state index contributed by atoms with van der Waals surface area (Å²) in [6, 6.07) is 12.7. The van der Waals surface area contributed by atoms with Crippen LogP contribution in [0, 0.1) is 17.0 Å². The molecule has 28 heavy (non-hydrogen) atoms. The molecule has 0 radical (unpaired) electrons. The van der Waals surface area contributed by atoms with Gasteiger partial charge in [0.1, 0.15) is 38.4 Å². The van der Waals surface area contributed by atoms with Gasteiger partial charge < -0.3 is 15.1 Å². The number of amides is 1. The minimum Gasteiger partial charge on any atom is -0.322 e. The van der Waals surface area contributed by atoms with Crippen LogP contribution in [-0.4, -0.2) is 43.6 Å². The maximum absolute atomic E-state index is 12.4. The SMILES string of the molecule is Cc1cccc([N+](=O)[O-])c1NC(=O)C[NH+]1CC[NH+](Cc2cccc(Cl)c2)CC1. The van der Waals surface area contributed by atoms with Gasteiger partial charge in [0, 0.05) is 16.7 Å². The molecular formula is C20H25ClN4O3+2. The highest BCUT2D eigenvalue weighted by Crippen LogP contribution is 2.27. The zero-order valence-corrected chi connectivity index (χ0v) is 16.6. The fourth-order valence-corrected chi connectivity index (χ4v) is 3.84. The number of nitrogens with one attached hydrogen (secondary N) is 3. The van der Waals surface area contributed by atoms with Crippen LogP contribution in [0.1, 0.15) is 11.1 Å². The molecule has 0 unspecified atom stereocenters. The van der Waals surface area contributed by atoms with Gasteiger partial charge in [0.05, 0.1) is 4.92 Å². The number of nitrogens with zero attached hydrogens (tertiary/aromatic N) is 1. The summed E-state index contributed by atoms with van der Waals surface area (Å²) in [5, 5.41) is 14.7. The highest BCUT2D eigenvalue weighted by molar-refractivity contribution is 6.30. The number of anilines is 1. The molecule has 0 aromatic heterocycles. The number of benzene rings is 2. The van der Waals surface area contributed by atoms with E-state index >= 15 is 0 Å². The molecule has 148 valence electrons. The molecule has 0 spiro atoms. The molecule has 0 atom stereocenters. The summed E-state index contributed by atoms with van der Waals surface area (Å²) >= 11 is 6.05. The maximum Gasteiger partial charge on any atom is 0.293 e. The van der Waals surface area contributed by atoms with Crippen LogP contribution in [0.25, 0.3) is 0 Å². The van der Waals surface area contributed by atoms with E-state index in [0.29, 0.717) is 17.8 Å². The van der Waals surface area contributed by atoms with Crippen molar-refractivity contribution in [3.05, 3.63) is 68.7 Å². The van der Waals surface area contributed by atoms with Crippen molar-refractivity contribution in [2.45, 2.75) is 13.5 Å². The molecule has 1 aliphatic heterocycles. The number of hydrogen-bond donors (Lipinski definition) is 3. The fourth-order valence-electron chi connectivity index (χ4n) is 3.62. The van der Waals surface area contributed by atoms with Crippen LogP contribution in [-0.2, 0) is 11.3 Å². The van der Waals surface area contributed by atoms with E-state index in [0.717, 1.165) is 37.7 Å². The Morgan fingerprint density at radius 2 is 1.82 bits per heavy atom. The third-order valence-electron chi connectivity index (χ3n) is 5.13. The number of hydrogen-bond acceptors (Lipinski definition) is 3. The third-order valence-corrected chi connectivity index (χ3v) is 5.36. The lowest BCUT2D eigenvalue weighted by atomic mass is 10.1. The Hall–Kier alpha value is -2.48. The minimum absolute atomic E-state index is 0.0702. The number of carbonyl (C=O) groups is 1. The molecule has 3 rings (SSSR count). The quantitative estimate of drug-likeness (QED) is 0.484. The summed E-state index contributed by atoms with van der Waals surface area (Å²) in [6.45, 7) is 6.72. The lowest BCUT2D eigenvalue weighted by molar-refractivity contribution is -1.02. The second kappa shape index (κ2) is 9.14. The number of nitro groups is 1.